The molecule has 0 bridgehead atoms. The largest absolute Gasteiger partial charge is 0.494 e. The Morgan fingerprint density at radius 3 is 2.58 bits per heavy atom. The first-order valence-corrected chi connectivity index (χ1v) is 11.7. The van der Waals surface area contributed by atoms with Crippen LogP contribution in [0.5, 0.6) is 5.75 Å². The lowest BCUT2D eigenvalue weighted by Gasteiger charge is -2.22. The van der Waals surface area contributed by atoms with Gasteiger partial charge in [0.2, 0.25) is 5.95 Å². The third kappa shape index (κ3) is 5.34. The average molecular weight is 520 g/mol. The number of nitro benzene ring substituents is 1. The Morgan fingerprint density at radius 2 is 1.89 bits per heavy atom. The lowest BCUT2D eigenvalue weighted by atomic mass is 10.1. The minimum Gasteiger partial charge on any atom is -0.494 e. The highest BCUT2D eigenvalue weighted by Gasteiger charge is 2.24. The van der Waals surface area contributed by atoms with Gasteiger partial charge >= 0.3 is 5.97 Å². The molecule has 2 N–H and O–H groups in total. The van der Waals surface area contributed by atoms with Gasteiger partial charge in [-0.1, -0.05) is 18.2 Å². The van der Waals surface area contributed by atoms with Gasteiger partial charge < -0.3 is 29.6 Å². The van der Waals surface area contributed by atoms with Crippen LogP contribution in [0.15, 0.2) is 48.7 Å². The number of aromatic amines is 1. The van der Waals surface area contributed by atoms with Crippen LogP contribution in [0.4, 0.5) is 23.0 Å². The van der Waals surface area contributed by atoms with Crippen molar-refractivity contribution in [3.05, 3.63) is 64.5 Å². The van der Waals surface area contributed by atoms with Crippen LogP contribution in [-0.2, 0) is 4.74 Å². The number of nitrogens with one attached hydrogen (secondary N) is 2. The Bertz CT molecular complexity index is 1480. The number of hydrogen-bond acceptors (Lipinski definition) is 10. The van der Waals surface area contributed by atoms with E-state index in [-0.39, 0.29) is 17.3 Å². The highest BCUT2D eigenvalue weighted by molar-refractivity contribution is 6.07. The molecule has 0 aliphatic heterocycles. The van der Waals surface area contributed by atoms with Gasteiger partial charge in [0.05, 0.1) is 30.5 Å². The molecule has 0 radical (unpaired) electrons. The first kappa shape index (κ1) is 26.4. The van der Waals surface area contributed by atoms with Crippen molar-refractivity contribution in [2.45, 2.75) is 0 Å². The summed E-state index contributed by atoms with van der Waals surface area (Å²) in [6.45, 7) is 1.31. The Morgan fingerprint density at radius 1 is 1.13 bits per heavy atom. The molecule has 0 unspecified atom stereocenters. The Labute approximate surface area is 219 Å². The second-order valence-corrected chi connectivity index (χ2v) is 8.83. The Hall–Kier alpha value is -4.71. The number of anilines is 3. The summed E-state index contributed by atoms with van der Waals surface area (Å²) in [7, 11) is 8.47. The standard InChI is InChI=1S/C26H29N7O5/c1-31(2)12-13-32(3)20-15-22(37-4)19(14-21(20)33(35)36)30-26-27-11-10-18(29-26)23-16-8-6-7-9-17(16)28-24(23)25(34)38-5/h6-11,14-15,28H,12-13H2,1-5H3,(H,27,29,30). The van der Waals surface area contributed by atoms with Crippen molar-refractivity contribution in [1.82, 2.24) is 19.9 Å². The number of benzene rings is 2. The predicted molar refractivity (Wildman–Crippen MR) is 145 cm³/mol. The van der Waals surface area contributed by atoms with Crippen LogP contribution in [0, 0.1) is 10.1 Å². The number of fused-ring (bicyclic) bond motifs is 1. The third-order valence-corrected chi connectivity index (χ3v) is 6.04. The number of aromatic nitrogens is 3. The molecule has 0 saturated carbocycles. The van der Waals surface area contributed by atoms with E-state index in [4.69, 9.17) is 9.47 Å². The summed E-state index contributed by atoms with van der Waals surface area (Å²) in [5.74, 6) is 0.0270. The van der Waals surface area contributed by atoms with Gasteiger partial charge in [0.1, 0.15) is 17.1 Å². The average Bonchev–Trinajstić information content (AvgIpc) is 3.30. The number of likely N-dealkylation sites (N-methyl/N-ethyl adjacent to an activating group) is 2. The molecule has 0 spiro atoms. The second-order valence-electron chi connectivity index (χ2n) is 8.83. The highest BCUT2D eigenvalue weighted by Crippen LogP contribution is 2.39. The Balaban J connectivity index is 1.74. The SMILES string of the molecule is COC(=O)c1[nH]c2ccccc2c1-c1ccnc(Nc2cc([N+](=O)[O-])c(N(C)CCN(C)C)cc2OC)n1. The number of carbonyl (C=O) groups excluding carboxylic acids is 1. The molecular weight excluding hydrogens is 490 g/mol. The minimum atomic E-state index is -0.532. The van der Waals surface area contributed by atoms with E-state index < -0.39 is 10.9 Å². The number of esters is 1. The summed E-state index contributed by atoms with van der Waals surface area (Å²) in [5.41, 5.74) is 2.71. The molecule has 2 aromatic heterocycles. The molecule has 198 valence electrons. The fraction of sp³-hybridized carbons (Fsp3) is 0.269. The maximum absolute atomic E-state index is 12.5. The normalized spacial score (nSPS) is 11.0. The molecule has 38 heavy (non-hydrogen) atoms. The fourth-order valence-electron chi connectivity index (χ4n) is 4.09. The van der Waals surface area contributed by atoms with Gasteiger partial charge in [-0.2, -0.15) is 0 Å². The maximum Gasteiger partial charge on any atom is 0.355 e. The topological polar surface area (TPSA) is 139 Å². The minimum absolute atomic E-state index is 0.0877. The lowest BCUT2D eigenvalue weighted by Crippen LogP contribution is -2.28. The van der Waals surface area contributed by atoms with Gasteiger partial charge in [0, 0.05) is 54.9 Å². The number of nitro groups is 1. The van der Waals surface area contributed by atoms with Crippen molar-refractivity contribution in [3.63, 3.8) is 0 Å². The highest BCUT2D eigenvalue weighted by atomic mass is 16.6. The van der Waals surface area contributed by atoms with Crippen molar-refractivity contribution in [2.75, 3.05) is 58.7 Å². The van der Waals surface area contributed by atoms with Gasteiger partial charge in [-0.05, 0) is 26.2 Å². The molecule has 12 heteroatoms. The van der Waals surface area contributed by atoms with E-state index in [1.807, 2.05) is 48.2 Å². The number of H-pyrrole nitrogens is 1. The zero-order valence-electron chi connectivity index (χ0n) is 21.8. The van der Waals surface area contributed by atoms with Gasteiger partial charge in [0.25, 0.3) is 5.69 Å². The monoisotopic (exact) mass is 519 g/mol. The van der Waals surface area contributed by atoms with Gasteiger partial charge in [0.15, 0.2) is 0 Å². The number of para-hydroxylation sites is 1. The zero-order valence-corrected chi connectivity index (χ0v) is 21.8. The summed E-state index contributed by atoms with van der Waals surface area (Å²) in [6, 6.07) is 12.2. The van der Waals surface area contributed by atoms with Crippen molar-refractivity contribution in [3.8, 4) is 17.0 Å². The molecule has 0 atom stereocenters. The summed E-state index contributed by atoms with van der Waals surface area (Å²) >= 11 is 0. The number of rotatable bonds is 10. The number of ether oxygens (including phenoxy) is 2. The lowest BCUT2D eigenvalue weighted by molar-refractivity contribution is -0.384. The fourth-order valence-corrected chi connectivity index (χ4v) is 4.09. The van der Waals surface area contributed by atoms with E-state index >= 15 is 0 Å². The number of methoxy groups -OCH3 is 2. The summed E-state index contributed by atoms with van der Waals surface area (Å²) in [6.07, 6.45) is 1.54. The summed E-state index contributed by atoms with van der Waals surface area (Å²) in [4.78, 5) is 39.8. The van der Waals surface area contributed by atoms with Gasteiger partial charge in [-0.25, -0.2) is 14.8 Å². The first-order chi connectivity index (χ1) is 18.2. The predicted octanol–water partition coefficient (Wildman–Crippen LogP) is 4.07. The molecule has 0 fully saturated rings. The van der Waals surface area contributed by atoms with Crippen molar-refractivity contribution >= 4 is 39.9 Å². The smallest absolute Gasteiger partial charge is 0.355 e. The second kappa shape index (κ2) is 11.1. The summed E-state index contributed by atoms with van der Waals surface area (Å²) < 4.78 is 10.5. The molecule has 4 aromatic rings. The van der Waals surface area contributed by atoms with Crippen LogP contribution < -0.4 is 15.0 Å². The van der Waals surface area contributed by atoms with Crippen LogP contribution in [0.1, 0.15) is 10.5 Å². The van der Waals surface area contributed by atoms with E-state index in [9.17, 15) is 14.9 Å². The van der Waals surface area contributed by atoms with Crippen LogP contribution in [0.2, 0.25) is 0 Å². The molecule has 4 rings (SSSR count). The third-order valence-electron chi connectivity index (χ3n) is 6.04. The van der Waals surface area contributed by atoms with E-state index in [1.165, 1.54) is 26.5 Å². The van der Waals surface area contributed by atoms with E-state index in [1.54, 1.807) is 19.2 Å². The summed E-state index contributed by atoms with van der Waals surface area (Å²) in [5, 5.41) is 15.8. The molecular formula is C26H29N7O5. The quantitative estimate of drug-likeness (QED) is 0.179. The number of nitrogens with zero attached hydrogens (tertiary/aromatic N) is 5. The molecule has 0 amide bonds. The molecule has 2 aromatic carbocycles. The Kier molecular flexibility index (Phi) is 7.72. The van der Waals surface area contributed by atoms with Gasteiger partial charge in [-0.3, -0.25) is 10.1 Å². The molecule has 0 aliphatic rings. The zero-order chi connectivity index (χ0) is 27.4. The molecule has 12 nitrogen and oxygen atoms in total. The van der Waals surface area contributed by atoms with Crippen LogP contribution in [0.25, 0.3) is 22.2 Å². The molecule has 0 saturated heterocycles. The van der Waals surface area contributed by atoms with E-state index in [0.29, 0.717) is 34.9 Å². The van der Waals surface area contributed by atoms with Crippen LogP contribution in [0.3, 0.4) is 0 Å². The first-order valence-electron chi connectivity index (χ1n) is 11.7. The van der Waals surface area contributed by atoms with Gasteiger partial charge in [-0.15, -0.1) is 0 Å². The molecule has 0 aliphatic carbocycles. The van der Waals surface area contributed by atoms with Crippen molar-refractivity contribution in [1.29, 1.82) is 0 Å². The van der Waals surface area contributed by atoms with Crippen LogP contribution >= 0.6 is 0 Å². The van der Waals surface area contributed by atoms with Crippen molar-refractivity contribution < 1.29 is 19.2 Å². The van der Waals surface area contributed by atoms with Crippen molar-refractivity contribution in [2.24, 2.45) is 0 Å². The molecule has 2 heterocycles. The van der Waals surface area contributed by atoms with Crippen LogP contribution in [-0.4, -0.2) is 79.2 Å². The number of carbonyl (C=O) groups is 1. The number of hydrogen-bond donors (Lipinski definition) is 2. The van der Waals surface area contributed by atoms with E-state index in [2.05, 4.69) is 20.3 Å². The van der Waals surface area contributed by atoms with E-state index in [0.717, 1.165) is 17.4 Å². The maximum atomic E-state index is 12.5.